The fourth-order valence-corrected chi connectivity index (χ4v) is 6.43. The molecule has 42 heavy (non-hydrogen) atoms. The molecule has 0 N–H and O–H groups in total. The van der Waals surface area contributed by atoms with E-state index in [4.69, 9.17) is 0 Å². The Balaban J connectivity index is 1.48. The van der Waals surface area contributed by atoms with Crippen molar-refractivity contribution < 1.29 is 0 Å². The zero-order valence-corrected chi connectivity index (χ0v) is 24.3. The minimum atomic E-state index is -0.0333. The van der Waals surface area contributed by atoms with Crippen LogP contribution in [0.15, 0.2) is 152 Å². The number of fused-ring (bicyclic) bond motifs is 3. The molecule has 0 aromatic heterocycles. The molecule has 6 aromatic carbocycles. The molecule has 0 saturated heterocycles. The molecule has 1 aliphatic carbocycles. The summed E-state index contributed by atoms with van der Waals surface area (Å²) in [6, 6.07) is 54.7. The maximum atomic E-state index is 2.40. The fourth-order valence-electron chi connectivity index (χ4n) is 6.43. The quantitative estimate of drug-likeness (QED) is 0.206. The minimum Gasteiger partial charge on any atom is -0.308 e. The van der Waals surface area contributed by atoms with Gasteiger partial charge in [-0.1, -0.05) is 105 Å². The number of benzene rings is 6. The average Bonchev–Trinajstić information content (AvgIpc) is 3.26. The van der Waals surface area contributed by atoms with Gasteiger partial charge in [-0.05, 0) is 95.4 Å². The zero-order chi connectivity index (χ0) is 28.7. The van der Waals surface area contributed by atoms with E-state index in [0.717, 1.165) is 34.1 Å². The Morgan fingerprint density at radius 3 is 1.50 bits per heavy atom. The van der Waals surface area contributed by atoms with E-state index in [1.54, 1.807) is 0 Å². The van der Waals surface area contributed by atoms with E-state index in [1.165, 1.54) is 27.8 Å². The first-order chi connectivity index (χ1) is 20.5. The van der Waals surface area contributed by atoms with Gasteiger partial charge in [-0.25, -0.2) is 0 Å². The third-order valence-corrected chi connectivity index (χ3v) is 8.48. The Hall–Kier alpha value is -5.08. The predicted octanol–water partition coefficient (Wildman–Crippen LogP) is 11.2. The standard InChI is InChI=1S/C40H34N2/c1-29-23-26-38(39(27-29)41(30-15-7-4-8-16-30)31-17-9-5-10-18-31)42(32-19-11-6-12-20-32)33-24-25-37-35(28-33)34-21-13-14-22-36(34)40(37,2)3/h4-28H,1-3H3. The molecule has 0 aliphatic heterocycles. The second-order valence-electron chi connectivity index (χ2n) is 11.6. The number of hydrogen-bond acceptors (Lipinski definition) is 2. The molecule has 6 aromatic rings. The Labute approximate surface area is 249 Å². The van der Waals surface area contributed by atoms with Crippen molar-refractivity contribution >= 4 is 34.1 Å². The third-order valence-electron chi connectivity index (χ3n) is 8.48. The summed E-state index contributed by atoms with van der Waals surface area (Å²) in [7, 11) is 0. The van der Waals surface area contributed by atoms with Crippen molar-refractivity contribution in [3.8, 4) is 11.1 Å². The van der Waals surface area contributed by atoms with E-state index in [9.17, 15) is 0 Å². The Morgan fingerprint density at radius 1 is 0.405 bits per heavy atom. The van der Waals surface area contributed by atoms with E-state index in [0.29, 0.717) is 0 Å². The number of rotatable bonds is 6. The molecule has 0 atom stereocenters. The lowest BCUT2D eigenvalue weighted by atomic mass is 9.82. The number of para-hydroxylation sites is 3. The van der Waals surface area contributed by atoms with Gasteiger partial charge in [0, 0.05) is 28.2 Å². The van der Waals surface area contributed by atoms with Gasteiger partial charge in [-0.15, -0.1) is 0 Å². The fraction of sp³-hybridized carbons (Fsp3) is 0.100. The monoisotopic (exact) mass is 542 g/mol. The first-order valence-electron chi connectivity index (χ1n) is 14.6. The maximum absolute atomic E-state index is 2.40. The van der Waals surface area contributed by atoms with Crippen LogP contribution in [0.25, 0.3) is 11.1 Å². The van der Waals surface area contributed by atoms with Crippen LogP contribution in [0.2, 0.25) is 0 Å². The Bertz CT molecular complexity index is 1820. The Kier molecular flexibility index (Phi) is 6.40. The molecule has 7 rings (SSSR count). The van der Waals surface area contributed by atoms with Crippen LogP contribution in [0, 0.1) is 6.92 Å². The number of anilines is 6. The highest BCUT2D eigenvalue weighted by Gasteiger charge is 2.35. The molecular weight excluding hydrogens is 508 g/mol. The molecule has 2 nitrogen and oxygen atoms in total. The van der Waals surface area contributed by atoms with E-state index in [-0.39, 0.29) is 5.41 Å². The van der Waals surface area contributed by atoms with Gasteiger partial charge >= 0.3 is 0 Å². The van der Waals surface area contributed by atoms with Crippen LogP contribution in [0.4, 0.5) is 34.1 Å². The molecule has 2 heteroatoms. The van der Waals surface area contributed by atoms with Crippen molar-refractivity contribution in [1.82, 2.24) is 0 Å². The molecule has 0 fully saturated rings. The highest BCUT2D eigenvalue weighted by Crippen LogP contribution is 2.52. The lowest BCUT2D eigenvalue weighted by Crippen LogP contribution is -2.18. The summed E-state index contributed by atoms with van der Waals surface area (Å²) in [4.78, 5) is 4.77. The van der Waals surface area contributed by atoms with Crippen LogP contribution in [-0.2, 0) is 5.41 Å². The smallest absolute Gasteiger partial charge is 0.0705 e. The second-order valence-corrected chi connectivity index (χ2v) is 11.6. The first kappa shape index (κ1) is 25.9. The van der Waals surface area contributed by atoms with E-state index in [1.807, 2.05) is 0 Å². The van der Waals surface area contributed by atoms with Gasteiger partial charge in [0.1, 0.15) is 0 Å². The van der Waals surface area contributed by atoms with Gasteiger partial charge in [-0.3, -0.25) is 0 Å². The highest BCUT2D eigenvalue weighted by atomic mass is 15.2. The molecular formula is C40H34N2. The number of aryl methyl sites for hydroxylation is 1. The topological polar surface area (TPSA) is 6.48 Å². The van der Waals surface area contributed by atoms with Crippen molar-refractivity contribution in [2.75, 3.05) is 9.80 Å². The van der Waals surface area contributed by atoms with E-state index in [2.05, 4.69) is 182 Å². The van der Waals surface area contributed by atoms with Crippen LogP contribution >= 0.6 is 0 Å². The molecule has 0 bridgehead atoms. The normalized spacial score (nSPS) is 12.8. The van der Waals surface area contributed by atoms with E-state index >= 15 is 0 Å². The van der Waals surface area contributed by atoms with Crippen molar-refractivity contribution in [2.45, 2.75) is 26.2 Å². The van der Waals surface area contributed by atoms with Gasteiger partial charge in [-0.2, -0.15) is 0 Å². The first-order valence-corrected chi connectivity index (χ1v) is 14.6. The summed E-state index contributed by atoms with van der Waals surface area (Å²) in [6.07, 6.45) is 0. The summed E-state index contributed by atoms with van der Waals surface area (Å²) in [5, 5.41) is 0. The number of hydrogen-bond donors (Lipinski definition) is 0. The molecule has 204 valence electrons. The molecule has 0 radical (unpaired) electrons. The summed E-state index contributed by atoms with van der Waals surface area (Å²) >= 11 is 0. The number of nitrogens with zero attached hydrogens (tertiary/aromatic N) is 2. The van der Waals surface area contributed by atoms with Crippen molar-refractivity contribution in [3.63, 3.8) is 0 Å². The SMILES string of the molecule is Cc1ccc(N(c2ccccc2)c2ccc3c(c2)-c2ccccc2C3(C)C)c(N(c2ccccc2)c2ccccc2)c1. The summed E-state index contributed by atoms with van der Waals surface area (Å²) in [5.41, 5.74) is 13.3. The Morgan fingerprint density at radius 2 is 0.905 bits per heavy atom. The van der Waals surface area contributed by atoms with Gasteiger partial charge in [0.05, 0.1) is 11.4 Å². The van der Waals surface area contributed by atoms with E-state index < -0.39 is 0 Å². The molecule has 0 amide bonds. The van der Waals surface area contributed by atoms with Crippen LogP contribution in [0.5, 0.6) is 0 Å². The molecule has 0 unspecified atom stereocenters. The van der Waals surface area contributed by atoms with Gasteiger partial charge < -0.3 is 9.80 Å². The largest absolute Gasteiger partial charge is 0.308 e. The van der Waals surface area contributed by atoms with Gasteiger partial charge in [0.15, 0.2) is 0 Å². The lowest BCUT2D eigenvalue weighted by Gasteiger charge is -2.33. The van der Waals surface area contributed by atoms with Crippen molar-refractivity contribution in [1.29, 1.82) is 0 Å². The van der Waals surface area contributed by atoms with Crippen LogP contribution in [-0.4, -0.2) is 0 Å². The molecule has 0 heterocycles. The average molecular weight is 543 g/mol. The predicted molar refractivity (Wildman–Crippen MR) is 178 cm³/mol. The van der Waals surface area contributed by atoms with Crippen molar-refractivity contribution in [3.05, 3.63) is 168 Å². The van der Waals surface area contributed by atoms with Crippen LogP contribution < -0.4 is 9.80 Å². The maximum Gasteiger partial charge on any atom is 0.0705 e. The molecule has 0 spiro atoms. The van der Waals surface area contributed by atoms with Crippen LogP contribution in [0.1, 0.15) is 30.5 Å². The summed E-state index contributed by atoms with van der Waals surface area (Å²) in [5.74, 6) is 0. The molecule has 1 aliphatic rings. The van der Waals surface area contributed by atoms with Crippen LogP contribution in [0.3, 0.4) is 0 Å². The third kappa shape index (κ3) is 4.37. The van der Waals surface area contributed by atoms with Crippen molar-refractivity contribution in [2.24, 2.45) is 0 Å². The second kappa shape index (κ2) is 10.4. The zero-order valence-electron chi connectivity index (χ0n) is 24.3. The minimum absolute atomic E-state index is 0.0333. The van der Waals surface area contributed by atoms with Gasteiger partial charge in [0.2, 0.25) is 0 Å². The van der Waals surface area contributed by atoms with Gasteiger partial charge in [0.25, 0.3) is 0 Å². The summed E-state index contributed by atoms with van der Waals surface area (Å²) < 4.78 is 0. The molecule has 0 saturated carbocycles. The lowest BCUT2D eigenvalue weighted by molar-refractivity contribution is 0.660. The summed E-state index contributed by atoms with van der Waals surface area (Å²) in [6.45, 7) is 6.84. The highest BCUT2D eigenvalue weighted by molar-refractivity contribution is 5.93.